The predicted molar refractivity (Wildman–Crippen MR) is 53.8 cm³/mol. The number of rotatable bonds is 2. The summed E-state index contributed by atoms with van der Waals surface area (Å²) in [6, 6.07) is 0. The van der Waals surface area contributed by atoms with Crippen LogP contribution in [0.1, 0.15) is 46.0 Å². The van der Waals surface area contributed by atoms with Crippen LogP contribution < -0.4 is 5.32 Å². The van der Waals surface area contributed by atoms with Crippen LogP contribution in [0.15, 0.2) is 0 Å². The van der Waals surface area contributed by atoms with E-state index in [1.54, 1.807) is 0 Å². The summed E-state index contributed by atoms with van der Waals surface area (Å²) in [5, 5.41) is 3.59. The summed E-state index contributed by atoms with van der Waals surface area (Å²) in [6.45, 7) is 5.72. The Balaban J connectivity index is 1.83. The Kier molecular flexibility index (Phi) is 2.61. The van der Waals surface area contributed by atoms with Crippen molar-refractivity contribution in [3.8, 4) is 0 Å². The summed E-state index contributed by atoms with van der Waals surface area (Å²) >= 11 is 0. The van der Waals surface area contributed by atoms with Crippen LogP contribution in [0, 0.1) is 0 Å². The Morgan fingerprint density at radius 3 is 2.85 bits per heavy atom. The van der Waals surface area contributed by atoms with E-state index in [0.717, 1.165) is 0 Å². The average molecular weight is 183 g/mol. The molecule has 3 atom stereocenters. The zero-order chi connectivity index (χ0) is 9.31. The van der Waals surface area contributed by atoms with Crippen molar-refractivity contribution < 1.29 is 4.74 Å². The highest BCUT2D eigenvalue weighted by Gasteiger charge is 2.33. The van der Waals surface area contributed by atoms with Gasteiger partial charge in [-0.25, -0.2) is 0 Å². The molecule has 0 radical (unpaired) electrons. The van der Waals surface area contributed by atoms with Crippen LogP contribution in [0.3, 0.4) is 0 Å². The van der Waals surface area contributed by atoms with E-state index in [9.17, 15) is 0 Å². The van der Waals surface area contributed by atoms with Crippen molar-refractivity contribution in [2.24, 2.45) is 0 Å². The molecule has 0 saturated carbocycles. The molecule has 0 bridgehead atoms. The molecule has 2 saturated heterocycles. The largest absolute Gasteiger partial charge is 0.375 e. The van der Waals surface area contributed by atoms with Crippen molar-refractivity contribution in [1.29, 1.82) is 0 Å². The first-order valence-electron chi connectivity index (χ1n) is 5.58. The third kappa shape index (κ3) is 2.23. The second-order valence-electron chi connectivity index (χ2n) is 4.94. The molecule has 0 aromatic rings. The lowest BCUT2D eigenvalue weighted by molar-refractivity contribution is 0.0361. The first kappa shape index (κ1) is 9.47. The summed E-state index contributed by atoms with van der Waals surface area (Å²) in [7, 11) is 0. The molecule has 0 aromatic heterocycles. The maximum atomic E-state index is 5.85. The fraction of sp³-hybridized carbons (Fsp3) is 1.00. The second-order valence-corrected chi connectivity index (χ2v) is 4.94. The van der Waals surface area contributed by atoms with Crippen molar-refractivity contribution in [2.75, 3.05) is 6.54 Å². The quantitative estimate of drug-likeness (QED) is 0.707. The lowest BCUT2D eigenvalue weighted by Crippen LogP contribution is -2.39. The molecule has 2 aliphatic heterocycles. The van der Waals surface area contributed by atoms with Crippen LogP contribution in [-0.4, -0.2) is 24.3 Å². The highest BCUT2D eigenvalue weighted by atomic mass is 16.5. The van der Waals surface area contributed by atoms with Crippen molar-refractivity contribution in [3.63, 3.8) is 0 Å². The number of nitrogens with one attached hydrogen (secondary N) is 1. The summed E-state index contributed by atoms with van der Waals surface area (Å²) < 4.78 is 5.85. The van der Waals surface area contributed by atoms with Gasteiger partial charge in [0.25, 0.3) is 0 Å². The smallest absolute Gasteiger partial charge is 0.0597 e. The topological polar surface area (TPSA) is 21.3 Å². The minimum atomic E-state index is 0.370. The van der Waals surface area contributed by atoms with Crippen LogP contribution in [0.4, 0.5) is 0 Å². The van der Waals surface area contributed by atoms with E-state index in [0.29, 0.717) is 17.7 Å². The van der Waals surface area contributed by atoms with E-state index in [2.05, 4.69) is 19.2 Å². The predicted octanol–water partition coefficient (Wildman–Crippen LogP) is 2.09. The molecule has 0 aromatic carbocycles. The zero-order valence-electron chi connectivity index (χ0n) is 8.81. The summed E-state index contributed by atoms with van der Waals surface area (Å²) in [6.07, 6.45) is 7.39. The molecule has 0 amide bonds. The van der Waals surface area contributed by atoms with Crippen molar-refractivity contribution in [1.82, 2.24) is 5.32 Å². The van der Waals surface area contributed by atoms with Gasteiger partial charge in [-0.15, -0.1) is 0 Å². The van der Waals surface area contributed by atoms with Crippen molar-refractivity contribution in [2.45, 2.75) is 63.7 Å². The third-order valence-corrected chi connectivity index (χ3v) is 3.46. The lowest BCUT2D eigenvalue weighted by atomic mass is 9.92. The minimum Gasteiger partial charge on any atom is -0.375 e. The first-order valence-corrected chi connectivity index (χ1v) is 5.58. The summed E-state index contributed by atoms with van der Waals surface area (Å²) in [4.78, 5) is 0. The minimum absolute atomic E-state index is 0.370. The fourth-order valence-corrected chi connectivity index (χ4v) is 2.67. The molecule has 0 spiro atoms. The number of hydrogen-bond acceptors (Lipinski definition) is 2. The van der Waals surface area contributed by atoms with Crippen LogP contribution in [-0.2, 0) is 4.74 Å². The van der Waals surface area contributed by atoms with Gasteiger partial charge >= 0.3 is 0 Å². The standard InChI is InChI=1S/C11H21NO/c1-9-4-5-10(13-9)8-11(2)6-3-7-12-11/h9-10,12H,3-8H2,1-2H3. The van der Waals surface area contributed by atoms with Gasteiger partial charge in [0, 0.05) is 5.54 Å². The lowest BCUT2D eigenvalue weighted by Gasteiger charge is -2.27. The molecule has 2 rings (SSSR count). The second kappa shape index (κ2) is 3.58. The van der Waals surface area contributed by atoms with Gasteiger partial charge in [0.15, 0.2) is 0 Å². The van der Waals surface area contributed by atoms with Gasteiger partial charge in [0.05, 0.1) is 12.2 Å². The van der Waals surface area contributed by atoms with E-state index in [1.807, 2.05) is 0 Å². The van der Waals surface area contributed by atoms with Crippen LogP contribution in [0.5, 0.6) is 0 Å². The monoisotopic (exact) mass is 183 g/mol. The first-order chi connectivity index (χ1) is 6.18. The Hall–Kier alpha value is -0.0800. The van der Waals surface area contributed by atoms with Crippen LogP contribution in [0.25, 0.3) is 0 Å². The van der Waals surface area contributed by atoms with Gasteiger partial charge in [-0.3, -0.25) is 0 Å². The molecule has 2 heterocycles. The van der Waals surface area contributed by atoms with Gasteiger partial charge in [0.1, 0.15) is 0 Å². The molecule has 2 fully saturated rings. The molecule has 76 valence electrons. The van der Waals surface area contributed by atoms with Crippen LogP contribution >= 0.6 is 0 Å². The zero-order valence-corrected chi connectivity index (χ0v) is 8.81. The van der Waals surface area contributed by atoms with E-state index in [-0.39, 0.29) is 0 Å². The molecule has 2 heteroatoms. The summed E-state index contributed by atoms with van der Waals surface area (Å²) in [5.74, 6) is 0. The van der Waals surface area contributed by atoms with Gasteiger partial charge in [-0.2, -0.15) is 0 Å². The Morgan fingerprint density at radius 1 is 1.46 bits per heavy atom. The highest BCUT2D eigenvalue weighted by molar-refractivity contribution is 4.92. The SMILES string of the molecule is CC1CCC(CC2(C)CCCN2)O1. The number of ether oxygens (including phenoxy) is 1. The van der Waals surface area contributed by atoms with Crippen molar-refractivity contribution in [3.05, 3.63) is 0 Å². The van der Waals surface area contributed by atoms with Gasteiger partial charge in [-0.05, 0) is 52.5 Å². The Labute approximate surface area is 81.0 Å². The van der Waals surface area contributed by atoms with E-state index >= 15 is 0 Å². The number of hydrogen-bond donors (Lipinski definition) is 1. The normalized spacial score (nSPS) is 45.7. The molecule has 3 unspecified atom stereocenters. The molecule has 1 N–H and O–H groups in total. The van der Waals surface area contributed by atoms with E-state index < -0.39 is 0 Å². The van der Waals surface area contributed by atoms with Gasteiger partial charge in [0.2, 0.25) is 0 Å². The molecular formula is C11H21NO. The molecular weight excluding hydrogens is 162 g/mol. The third-order valence-electron chi connectivity index (χ3n) is 3.46. The summed E-state index contributed by atoms with van der Waals surface area (Å²) in [5.41, 5.74) is 0.370. The Morgan fingerprint density at radius 2 is 2.31 bits per heavy atom. The van der Waals surface area contributed by atoms with E-state index in [4.69, 9.17) is 4.74 Å². The molecule has 13 heavy (non-hydrogen) atoms. The van der Waals surface area contributed by atoms with Crippen molar-refractivity contribution >= 4 is 0 Å². The fourth-order valence-electron chi connectivity index (χ4n) is 2.67. The molecule has 0 aliphatic carbocycles. The molecule has 2 aliphatic rings. The maximum absolute atomic E-state index is 5.85. The van der Waals surface area contributed by atoms with Gasteiger partial charge in [-0.1, -0.05) is 0 Å². The van der Waals surface area contributed by atoms with E-state index in [1.165, 1.54) is 38.6 Å². The van der Waals surface area contributed by atoms with Gasteiger partial charge < -0.3 is 10.1 Å². The Bertz CT molecular complexity index is 175. The average Bonchev–Trinajstić information content (AvgIpc) is 2.62. The molecule has 2 nitrogen and oxygen atoms in total. The van der Waals surface area contributed by atoms with Crippen LogP contribution in [0.2, 0.25) is 0 Å². The maximum Gasteiger partial charge on any atom is 0.0597 e. The highest BCUT2D eigenvalue weighted by Crippen LogP contribution is 2.30.